The Morgan fingerprint density at radius 1 is 0.303 bits per heavy atom. The Bertz CT molecular complexity index is 2470. The molecule has 26 heteroatoms. The standard InChI is InChI=1S/C93H175O25P/c1-5-9-13-17-21-25-29-33-36-39-42-46-50-54-58-62-66-77(96)110-72-75-81(100)83(102)87(106)93(114-75)117-90-88(115-79(98)68-64-60-56-52-48-43-38-35-31-27-23-19-15-11-7-3)84(103)85(104)89(116-92-86(105)82(101)80(99)74(69-94)113-92)91(90)118-119(107,108)111-71-73(70-109-76(95)65-61-57-53-49-45-41-32-28-24-20-16-12-8-4)112-78(97)67-63-59-55-51-47-44-40-37-34-30-26-22-18-14-10-6-2/h73-75,80-94,99-106H,5-72H2,1-4H3,(H,107,108). The van der Waals surface area contributed by atoms with E-state index >= 15 is 0 Å². The fourth-order valence-electron chi connectivity index (χ4n) is 16.4. The van der Waals surface area contributed by atoms with Gasteiger partial charge in [0, 0.05) is 25.7 Å². The summed E-state index contributed by atoms with van der Waals surface area (Å²) in [7, 11) is -5.80. The average Bonchev–Trinajstić information content (AvgIpc) is 0.752. The molecule has 0 spiro atoms. The highest BCUT2D eigenvalue weighted by Gasteiger charge is 2.60. The Labute approximate surface area is 719 Å². The van der Waals surface area contributed by atoms with Gasteiger partial charge in [-0.2, -0.15) is 0 Å². The van der Waals surface area contributed by atoms with Crippen molar-refractivity contribution in [3.8, 4) is 0 Å². The smallest absolute Gasteiger partial charge is 0.463 e. The molecule has 0 aromatic heterocycles. The molecule has 119 heavy (non-hydrogen) atoms. The highest BCUT2D eigenvalue weighted by atomic mass is 31.2. The Balaban J connectivity index is 1.90. The second-order valence-corrected chi connectivity index (χ2v) is 36.4. The van der Waals surface area contributed by atoms with Gasteiger partial charge in [-0.05, 0) is 25.7 Å². The van der Waals surface area contributed by atoms with Gasteiger partial charge in [0.1, 0.15) is 92.6 Å². The molecule has 10 N–H and O–H groups in total. The van der Waals surface area contributed by atoms with Crippen molar-refractivity contribution in [2.45, 2.75) is 543 Å². The molecule has 702 valence electrons. The molecule has 3 rings (SSSR count). The summed E-state index contributed by atoms with van der Waals surface area (Å²) in [4.78, 5) is 66.5. The summed E-state index contributed by atoms with van der Waals surface area (Å²) < 4.78 is 73.6. The molecule has 0 radical (unpaired) electrons. The van der Waals surface area contributed by atoms with Gasteiger partial charge in [0.05, 0.1) is 13.2 Å². The normalized spacial score (nSPS) is 24.8. The first kappa shape index (κ1) is 111. The van der Waals surface area contributed by atoms with Crippen LogP contribution in [-0.2, 0) is 70.7 Å². The summed E-state index contributed by atoms with van der Waals surface area (Å²) >= 11 is 0. The van der Waals surface area contributed by atoms with Crippen LogP contribution in [-0.4, -0.2) is 205 Å². The van der Waals surface area contributed by atoms with E-state index in [4.69, 9.17) is 46.9 Å². The lowest BCUT2D eigenvalue weighted by Crippen LogP contribution is -2.70. The van der Waals surface area contributed by atoms with Crippen molar-refractivity contribution in [2.75, 3.05) is 26.4 Å². The molecule has 18 unspecified atom stereocenters. The van der Waals surface area contributed by atoms with Crippen molar-refractivity contribution >= 4 is 31.7 Å². The molecule has 25 nitrogen and oxygen atoms in total. The van der Waals surface area contributed by atoms with Crippen LogP contribution in [0, 0.1) is 0 Å². The van der Waals surface area contributed by atoms with Gasteiger partial charge < -0.3 is 88.7 Å². The molecule has 2 aliphatic heterocycles. The maximum Gasteiger partial charge on any atom is 0.472 e. The monoisotopic (exact) mass is 1720 g/mol. The van der Waals surface area contributed by atoms with Crippen LogP contribution in [0.15, 0.2) is 0 Å². The zero-order valence-electron chi connectivity index (χ0n) is 74.9. The van der Waals surface area contributed by atoms with E-state index in [9.17, 15) is 74.6 Å². The van der Waals surface area contributed by atoms with Crippen molar-refractivity contribution in [2.24, 2.45) is 0 Å². The van der Waals surface area contributed by atoms with Crippen LogP contribution in [0.4, 0.5) is 0 Å². The number of carbonyl (C=O) groups is 4. The van der Waals surface area contributed by atoms with Crippen molar-refractivity contribution < 1.29 is 122 Å². The summed E-state index contributed by atoms with van der Waals surface area (Å²) in [5.41, 5.74) is 0. The van der Waals surface area contributed by atoms with E-state index in [1.165, 1.54) is 225 Å². The minimum atomic E-state index is -5.80. The third-order valence-electron chi connectivity index (χ3n) is 24.1. The maximum atomic E-state index is 14.9. The maximum absolute atomic E-state index is 14.9. The van der Waals surface area contributed by atoms with Crippen molar-refractivity contribution in [1.29, 1.82) is 0 Å². The Morgan fingerprint density at radius 2 is 0.580 bits per heavy atom. The molecule has 0 amide bonds. The van der Waals surface area contributed by atoms with Crippen LogP contribution in [0.25, 0.3) is 0 Å². The number of phosphoric ester groups is 1. The first-order valence-electron chi connectivity index (χ1n) is 48.8. The van der Waals surface area contributed by atoms with Crippen LogP contribution in [0.3, 0.4) is 0 Å². The van der Waals surface area contributed by atoms with Gasteiger partial charge in [0.2, 0.25) is 0 Å². The highest BCUT2D eigenvalue weighted by molar-refractivity contribution is 7.47. The van der Waals surface area contributed by atoms with E-state index < -0.39 is 162 Å². The molecular weight excluding hydrogens is 1550 g/mol. The summed E-state index contributed by atoms with van der Waals surface area (Å²) in [5, 5.41) is 102. The Hall–Kier alpha value is -2.53. The highest BCUT2D eigenvalue weighted by Crippen LogP contribution is 2.49. The predicted octanol–water partition coefficient (Wildman–Crippen LogP) is 18.6. The van der Waals surface area contributed by atoms with E-state index in [1.807, 2.05) is 0 Å². The lowest BCUT2D eigenvalue weighted by molar-refractivity contribution is -0.360. The van der Waals surface area contributed by atoms with Crippen molar-refractivity contribution in [3.63, 3.8) is 0 Å². The summed E-state index contributed by atoms with van der Waals surface area (Å²) in [6.45, 7) is 5.66. The van der Waals surface area contributed by atoms with Gasteiger partial charge in [-0.25, -0.2) is 4.57 Å². The predicted molar refractivity (Wildman–Crippen MR) is 463 cm³/mol. The molecular formula is C93H175O25P. The van der Waals surface area contributed by atoms with Gasteiger partial charge >= 0.3 is 31.7 Å². The zero-order chi connectivity index (χ0) is 86.8. The van der Waals surface area contributed by atoms with Crippen LogP contribution < -0.4 is 0 Å². The van der Waals surface area contributed by atoms with Crippen molar-refractivity contribution in [3.05, 3.63) is 0 Å². The molecule has 0 aromatic rings. The summed E-state index contributed by atoms with van der Waals surface area (Å²) in [6, 6.07) is 0. The first-order valence-corrected chi connectivity index (χ1v) is 50.3. The van der Waals surface area contributed by atoms with Gasteiger partial charge in [0.25, 0.3) is 0 Å². The van der Waals surface area contributed by atoms with Crippen LogP contribution in [0.2, 0.25) is 0 Å². The van der Waals surface area contributed by atoms with E-state index in [-0.39, 0.29) is 25.7 Å². The fourth-order valence-corrected chi connectivity index (χ4v) is 17.3. The summed E-state index contributed by atoms with van der Waals surface area (Å²) in [5.74, 6) is -2.94. The number of hydrogen-bond donors (Lipinski definition) is 10. The molecule has 0 aromatic carbocycles. The first-order chi connectivity index (χ1) is 57.7. The number of aliphatic hydroxyl groups excluding tert-OH is 9. The lowest BCUT2D eigenvalue weighted by atomic mass is 9.84. The third kappa shape index (κ3) is 52.4. The number of carbonyl (C=O) groups excluding carboxylic acids is 4. The van der Waals surface area contributed by atoms with Crippen LogP contribution >= 0.6 is 7.82 Å². The number of ether oxygens (including phenoxy) is 8. The minimum absolute atomic E-state index is 0.0205. The second kappa shape index (κ2) is 72.5. The molecule has 1 saturated carbocycles. The molecule has 3 fully saturated rings. The number of phosphoric acid groups is 1. The fraction of sp³-hybridized carbons (Fsp3) is 0.957. The average molecular weight is 1720 g/mol. The second-order valence-electron chi connectivity index (χ2n) is 35.0. The quantitative estimate of drug-likeness (QED) is 0.0117. The molecule has 2 heterocycles. The molecule has 0 bridgehead atoms. The SMILES string of the molecule is CCCCCCCCCCCCCCCCCCC(=O)OCC1OC(OC2C(OC(=O)CCCCCCCCCCCCCCCCC)C(O)C(O)C(OC3OC(CO)C(O)C(O)C3O)C2OP(=O)(O)OCC(COC(=O)CCCCCCCCCCCCCCC)OC(=O)CCCCCCCCCCCCCCCCCC)C(O)C(O)C1O. The molecule has 2 saturated heterocycles. The topological polar surface area (TPSA) is 380 Å². The Morgan fingerprint density at radius 3 is 0.916 bits per heavy atom. The molecule has 3 aliphatic rings. The van der Waals surface area contributed by atoms with Crippen molar-refractivity contribution in [1.82, 2.24) is 0 Å². The van der Waals surface area contributed by atoms with E-state index in [1.54, 1.807) is 0 Å². The largest absolute Gasteiger partial charge is 0.472 e. The molecule has 18 atom stereocenters. The third-order valence-corrected chi connectivity index (χ3v) is 25.1. The van der Waals surface area contributed by atoms with E-state index in [0.717, 1.165) is 128 Å². The number of rotatable bonds is 80. The van der Waals surface area contributed by atoms with E-state index in [0.29, 0.717) is 32.1 Å². The number of esters is 4. The van der Waals surface area contributed by atoms with Gasteiger partial charge in [-0.15, -0.1) is 0 Å². The van der Waals surface area contributed by atoms with Gasteiger partial charge in [-0.3, -0.25) is 28.2 Å². The van der Waals surface area contributed by atoms with Crippen LogP contribution in [0.5, 0.6) is 0 Å². The van der Waals surface area contributed by atoms with E-state index in [2.05, 4.69) is 27.7 Å². The molecule has 1 aliphatic carbocycles. The Kier molecular flexibility index (Phi) is 67.4. The van der Waals surface area contributed by atoms with Gasteiger partial charge in [-0.1, -0.05) is 387 Å². The lowest BCUT2D eigenvalue weighted by Gasteiger charge is -2.50. The number of hydrogen-bond acceptors (Lipinski definition) is 24. The zero-order valence-corrected chi connectivity index (χ0v) is 75.8. The van der Waals surface area contributed by atoms with Gasteiger partial charge in [0.15, 0.2) is 24.8 Å². The van der Waals surface area contributed by atoms with Crippen LogP contribution in [0.1, 0.15) is 439 Å². The number of unbranched alkanes of at least 4 members (excludes halogenated alkanes) is 56. The minimum Gasteiger partial charge on any atom is -0.463 e. The summed E-state index contributed by atoms with van der Waals surface area (Å²) in [6.07, 6.45) is 30.7. The number of aliphatic hydroxyl groups is 9.